The van der Waals surface area contributed by atoms with Crippen molar-refractivity contribution in [3.8, 4) is 6.07 Å². The van der Waals surface area contributed by atoms with Gasteiger partial charge in [-0.25, -0.2) is 0 Å². The van der Waals surface area contributed by atoms with E-state index in [2.05, 4.69) is 6.58 Å². The number of rotatable bonds is 4. The molecular weight excluding hydrogens is 210 g/mol. The van der Waals surface area contributed by atoms with E-state index >= 15 is 0 Å². The summed E-state index contributed by atoms with van der Waals surface area (Å²) in [5.74, 6) is -0.169. The zero-order valence-corrected chi connectivity index (χ0v) is 9.84. The van der Waals surface area contributed by atoms with Crippen molar-refractivity contribution in [1.82, 2.24) is 0 Å². The number of carbonyl (C=O) groups excluding carboxylic acids is 1. The van der Waals surface area contributed by atoms with E-state index < -0.39 is 6.10 Å². The van der Waals surface area contributed by atoms with Crippen molar-refractivity contribution in [1.29, 1.82) is 5.26 Å². The average molecular weight is 225 g/mol. The van der Waals surface area contributed by atoms with E-state index in [1.54, 1.807) is 11.8 Å². The number of ether oxygens (including phenoxy) is 1. The van der Waals surface area contributed by atoms with Crippen LogP contribution in [0.4, 0.5) is 0 Å². The van der Waals surface area contributed by atoms with Gasteiger partial charge in [0, 0.05) is 6.42 Å². The molecule has 0 radical (unpaired) electrons. The van der Waals surface area contributed by atoms with Crippen molar-refractivity contribution >= 4 is 17.7 Å². The number of thioether (sulfide) groups is 1. The Morgan fingerprint density at radius 2 is 2.53 bits per heavy atom. The smallest absolute Gasteiger partial charge is 0.310 e. The van der Waals surface area contributed by atoms with Crippen LogP contribution in [0.25, 0.3) is 0 Å². The fourth-order valence-corrected chi connectivity index (χ4v) is 2.16. The second-order valence-electron chi connectivity index (χ2n) is 3.82. The van der Waals surface area contributed by atoms with Gasteiger partial charge in [0.15, 0.2) is 6.10 Å². The molecule has 4 heteroatoms. The molecule has 1 saturated heterocycles. The highest BCUT2D eigenvalue weighted by Crippen LogP contribution is 2.32. The van der Waals surface area contributed by atoms with Crippen LogP contribution < -0.4 is 0 Å². The third kappa shape index (κ3) is 3.00. The summed E-state index contributed by atoms with van der Waals surface area (Å²) in [7, 11) is 0. The molecule has 1 aliphatic heterocycles. The normalized spacial score (nSPS) is 26.9. The maximum atomic E-state index is 11.4. The zero-order chi connectivity index (χ0) is 11.4. The zero-order valence-electron chi connectivity index (χ0n) is 9.03. The second-order valence-corrected chi connectivity index (χ2v) is 4.81. The summed E-state index contributed by atoms with van der Waals surface area (Å²) in [6, 6.07) is 1.98. The largest absolute Gasteiger partial charge is 0.447 e. The fraction of sp³-hybridized carbons (Fsp3) is 0.636. The Hall–Kier alpha value is -0.950. The van der Waals surface area contributed by atoms with E-state index in [0.29, 0.717) is 6.42 Å². The molecule has 1 unspecified atom stereocenters. The fourth-order valence-electron chi connectivity index (χ4n) is 1.73. The van der Waals surface area contributed by atoms with Gasteiger partial charge in [0.2, 0.25) is 0 Å². The molecule has 0 N–H and O–H groups in total. The molecule has 15 heavy (non-hydrogen) atoms. The second kappa shape index (κ2) is 5.22. The molecule has 82 valence electrons. The highest BCUT2D eigenvalue weighted by molar-refractivity contribution is 8.02. The topological polar surface area (TPSA) is 50.1 Å². The molecule has 1 aliphatic rings. The number of cyclic esters (lactones) is 1. The SMILES string of the molecule is C=C(CC(C)[C@@H]1C[C@@H](C#N)OC1=O)SC. The van der Waals surface area contributed by atoms with E-state index in [1.807, 2.05) is 19.2 Å². The lowest BCUT2D eigenvalue weighted by atomic mass is 9.89. The quantitative estimate of drug-likeness (QED) is 0.689. The molecule has 1 fully saturated rings. The van der Waals surface area contributed by atoms with E-state index in [9.17, 15) is 4.79 Å². The van der Waals surface area contributed by atoms with E-state index in [1.165, 1.54) is 0 Å². The number of allylic oxidation sites excluding steroid dienone is 1. The van der Waals surface area contributed by atoms with Gasteiger partial charge < -0.3 is 4.74 Å². The number of nitrogens with zero attached hydrogens (tertiary/aromatic N) is 1. The highest BCUT2D eigenvalue weighted by Gasteiger charge is 2.37. The predicted octanol–water partition coefficient (Wildman–Crippen LogP) is 2.34. The minimum absolute atomic E-state index is 0.140. The van der Waals surface area contributed by atoms with E-state index in [-0.39, 0.29) is 17.8 Å². The van der Waals surface area contributed by atoms with Crippen LogP contribution in [0.3, 0.4) is 0 Å². The molecule has 1 heterocycles. The average Bonchev–Trinajstić information content (AvgIpc) is 2.59. The summed E-state index contributed by atoms with van der Waals surface area (Å²) >= 11 is 1.61. The minimum Gasteiger partial charge on any atom is -0.447 e. The Bertz CT molecular complexity index is 308. The first-order valence-corrected chi connectivity index (χ1v) is 6.12. The lowest BCUT2D eigenvalue weighted by Gasteiger charge is -2.15. The number of hydrogen-bond acceptors (Lipinski definition) is 4. The van der Waals surface area contributed by atoms with Crippen molar-refractivity contribution in [2.24, 2.45) is 11.8 Å². The number of hydrogen-bond donors (Lipinski definition) is 0. The van der Waals surface area contributed by atoms with Crippen LogP contribution in [-0.2, 0) is 9.53 Å². The van der Waals surface area contributed by atoms with Gasteiger partial charge in [-0.3, -0.25) is 4.79 Å². The summed E-state index contributed by atoms with van der Waals surface area (Å²) in [6.45, 7) is 5.90. The highest BCUT2D eigenvalue weighted by atomic mass is 32.2. The summed E-state index contributed by atoms with van der Waals surface area (Å²) in [5, 5.41) is 8.66. The van der Waals surface area contributed by atoms with Gasteiger partial charge in [0.1, 0.15) is 6.07 Å². The number of esters is 1. The Labute approximate surface area is 94.5 Å². The lowest BCUT2D eigenvalue weighted by molar-refractivity contribution is -0.144. The van der Waals surface area contributed by atoms with Gasteiger partial charge in [0.25, 0.3) is 0 Å². The van der Waals surface area contributed by atoms with Gasteiger partial charge in [-0.2, -0.15) is 5.26 Å². The third-order valence-corrected chi connectivity index (χ3v) is 3.44. The summed E-state index contributed by atoms with van der Waals surface area (Å²) in [4.78, 5) is 12.5. The van der Waals surface area contributed by atoms with Crippen molar-refractivity contribution in [3.05, 3.63) is 11.5 Å². The molecular formula is C11H15NO2S. The molecule has 0 aliphatic carbocycles. The van der Waals surface area contributed by atoms with Gasteiger partial charge in [-0.15, -0.1) is 11.8 Å². The Balaban J connectivity index is 2.54. The first-order chi connectivity index (χ1) is 7.08. The Kier molecular flexibility index (Phi) is 4.22. The van der Waals surface area contributed by atoms with Crippen LogP contribution in [-0.4, -0.2) is 18.3 Å². The third-order valence-electron chi connectivity index (χ3n) is 2.70. The monoisotopic (exact) mass is 225 g/mol. The van der Waals surface area contributed by atoms with E-state index in [4.69, 9.17) is 10.00 Å². The number of carbonyl (C=O) groups is 1. The molecule has 0 aromatic rings. The minimum atomic E-state index is -0.549. The molecule has 0 aromatic carbocycles. The first-order valence-electron chi connectivity index (χ1n) is 4.90. The molecule has 3 atom stereocenters. The molecule has 0 aromatic heterocycles. The predicted molar refractivity (Wildman–Crippen MR) is 60.0 cm³/mol. The van der Waals surface area contributed by atoms with Gasteiger partial charge in [-0.1, -0.05) is 13.5 Å². The van der Waals surface area contributed by atoms with Crippen LogP contribution in [0.2, 0.25) is 0 Å². The van der Waals surface area contributed by atoms with Gasteiger partial charge in [0.05, 0.1) is 5.92 Å². The molecule has 3 nitrogen and oxygen atoms in total. The molecule has 0 saturated carbocycles. The first kappa shape index (κ1) is 12.1. The van der Waals surface area contributed by atoms with E-state index in [0.717, 1.165) is 11.3 Å². The summed E-state index contributed by atoms with van der Waals surface area (Å²) in [6.07, 6.45) is 2.75. The van der Waals surface area contributed by atoms with Crippen LogP contribution in [0.1, 0.15) is 19.8 Å². The van der Waals surface area contributed by atoms with Crippen LogP contribution >= 0.6 is 11.8 Å². The molecule has 0 amide bonds. The van der Waals surface area contributed by atoms with Crippen LogP contribution in [0.15, 0.2) is 11.5 Å². The van der Waals surface area contributed by atoms with Gasteiger partial charge >= 0.3 is 5.97 Å². The van der Waals surface area contributed by atoms with Crippen LogP contribution in [0, 0.1) is 23.2 Å². The molecule has 1 rings (SSSR count). The van der Waals surface area contributed by atoms with Gasteiger partial charge in [-0.05, 0) is 23.5 Å². The maximum absolute atomic E-state index is 11.4. The standard InChI is InChI=1S/C11H15NO2S/c1-7(4-8(2)15-3)10-5-9(6-12)14-11(10)13/h7,9-10H,2,4-5H2,1,3H3/t7?,9-,10-/m0/s1. The van der Waals surface area contributed by atoms with Crippen molar-refractivity contribution in [2.75, 3.05) is 6.26 Å². The molecule has 0 spiro atoms. The Morgan fingerprint density at radius 1 is 1.87 bits per heavy atom. The summed E-state index contributed by atoms with van der Waals surface area (Å²) in [5.41, 5.74) is 0. The van der Waals surface area contributed by atoms with Crippen molar-refractivity contribution in [3.63, 3.8) is 0 Å². The summed E-state index contributed by atoms with van der Waals surface area (Å²) < 4.78 is 4.92. The van der Waals surface area contributed by atoms with Crippen molar-refractivity contribution in [2.45, 2.75) is 25.9 Å². The number of nitriles is 1. The van der Waals surface area contributed by atoms with Crippen LogP contribution in [0.5, 0.6) is 0 Å². The lowest BCUT2D eigenvalue weighted by Crippen LogP contribution is -2.16. The Morgan fingerprint density at radius 3 is 3.00 bits per heavy atom. The molecule has 0 bridgehead atoms. The van der Waals surface area contributed by atoms with Crippen molar-refractivity contribution < 1.29 is 9.53 Å². The maximum Gasteiger partial charge on any atom is 0.310 e.